The van der Waals surface area contributed by atoms with E-state index >= 15 is 0 Å². The van der Waals surface area contributed by atoms with E-state index in [-0.39, 0.29) is 0 Å². The van der Waals surface area contributed by atoms with Gasteiger partial charge in [-0.1, -0.05) is 0 Å². The van der Waals surface area contributed by atoms with Crippen molar-refractivity contribution in [1.82, 2.24) is 0 Å². The van der Waals surface area contributed by atoms with Crippen molar-refractivity contribution in [3.05, 3.63) is 0 Å². The summed E-state index contributed by atoms with van der Waals surface area (Å²) < 4.78 is 10.3. The van der Waals surface area contributed by atoms with Crippen LogP contribution in [0.5, 0.6) is 0 Å². The molecule has 0 aliphatic carbocycles. The number of aliphatic hydroxyl groups excluding tert-OH is 4. The van der Waals surface area contributed by atoms with Crippen molar-refractivity contribution < 1.29 is 29.9 Å². The molecule has 0 spiro atoms. The topological polar surface area (TPSA) is 99.4 Å². The van der Waals surface area contributed by atoms with E-state index in [0.717, 1.165) is 0 Å². The zero-order valence-electron chi connectivity index (χ0n) is 9.70. The first kappa shape index (κ1) is 13.8. The molecule has 0 aromatic carbocycles. The highest BCUT2D eigenvalue weighted by Crippen LogP contribution is 2.25. The van der Waals surface area contributed by atoms with E-state index in [1.54, 1.807) is 20.8 Å². The van der Waals surface area contributed by atoms with Gasteiger partial charge in [0.25, 0.3) is 0 Å². The molecule has 96 valence electrons. The Morgan fingerprint density at radius 1 is 1.12 bits per heavy atom. The summed E-state index contributed by atoms with van der Waals surface area (Å²) in [6, 6.07) is 0. The maximum Gasteiger partial charge on any atom is 0.184 e. The average Bonchev–Trinajstić information content (AvgIpc) is 2.17. The van der Waals surface area contributed by atoms with Gasteiger partial charge < -0.3 is 29.9 Å². The van der Waals surface area contributed by atoms with Crippen LogP contribution < -0.4 is 0 Å². The summed E-state index contributed by atoms with van der Waals surface area (Å²) in [5.74, 6) is 0. The van der Waals surface area contributed by atoms with E-state index in [1.807, 2.05) is 0 Å². The van der Waals surface area contributed by atoms with Crippen LogP contribution in [0.25, 0.3) is 0 Å². The molecular weight excluding hydrogens is 216 g/mol. The number of aliphatic hydroxyl groups is 4. The molecule has 4 N–H and O–H groups in total. The molecule has 0 radical (unpaired) electrons. The van der Waals surface area contributed by atoms with Gasteiger partial charge in [0, 0.05) is 0 Å². The Morgan fingerprint density at radius 3 is 2.12 bits per heavy atom. The monoisotopic (exact) mass is 236 g/mol. The van der Waals surface area contributed by atoms with Crippen LogP contribution in [-0.2, 0) is 9.47 Å². The third-order valence-electron chi connectivity index (χ3n) is 2.33. The SMILES string of the molecule is CC(C)(C)O[C@H]1[C@H](O)C(CO)OC(O)[C@@H]1O. The molecule has 1 fully saturated rings. The Hall–Kier alpha value is -0.240. The van der Waals surface area contributed by atoms with Gasteiger partial charge in [-0.3, -0.25) is 0 Å². The number of hydrogen-bond donors (Lipinski definition) is 4. The first-order chi connectivity index (χ1) is 7.26. The molecule has 1 heterocycles. The summed E-state index contributed by atoms with van der Waals surface area (Å²) in [5.41, 5.74) is -0.580. The van der Waals surface area contributed by atoms with Gasteiger partial charge in [0.05, 0.1) is 12.2 Å². The maximum absolute atomic E-state index is 9.80. The summed E-state index contributed by atoms with van der Waals surface area (Å²) in [6.45, 7) is 4.85. The molecule has 0 saturated carbocycles. The smallest absolute Gasteiger partial charge is 0.184 e. The Labute approximate surface area is 94.4 Å². The molecule has 0 bridgehead atoms. The van der Waals surface area contributed by atoms with E-state index in [2.05, 4.69) is 0 Å². The molecular formula is C10H20O6. The van der Waals surface area contributed by atoms with E-state index in [0.29, 0.717) is 0 Å². The van der Waals surface area contributed by atoms with Gasteiger partial charge in [0.15, 0.2) is 6.29 Å². The van der Waals surface area contributed by atoms with Crippen LogP contribution in [0.1, 0.15) is 20.8 Å². The van der Waals surface area contributed by atoms with E-state index < -0.39 is 42.9 Å². The summed E-state index contributed by atoms with van der Waals surface area (Å²) in [6.07, 6.45) is -5.92. The molecule has 5 atom stereocenters. The zero-order chi connectivity index (χ0) is 12.5. The van der Waals surface area contributed by atoms with Gasteiger partial charge in [0.1, 0.15) is 24.4 Å². The van der Waals surface area contributed by atoms with Crippen molar-refractivity contribution >= 4 is 0 Å². The molecule has 6 heteroatoms. The first-order valence-electron chi connectivity index (χ1n) is 5.24. The molecule has 1 saturated heterocycles. The fraction of sp³-hybridized carbons (Fsp3) is 1.00. The minimum absolute atomic E-state index is 0.449. The van der Waals surface area contributed by atoms with Gasteiger partial charge in [-0.25, -0.2) is 0 Å². The fourth-order valence-electron chi connectivity index (χ4n) is 1.61. The molecule has 2 unspecified atom stereocenters. The van der Waals surface area contributed by atoms with E-state index in [4.69, 9.17) is 14.6 Å². The standard InChI is InChI=1S/C10H20O6/c1-10(2,3)16-8-6(12)5(4-11)15-9(14)7(8)13/h5-9,11-14H,4H2,1-3H3/t5?,6-,7-,8+,9?/m1/s1. The Morgan fingerprint density at radius 2 is 1.69 bits per heavy atom. The molecule has 6 nitrogen and oxygen atoms in total. The van der Waals surface area contributed by atoms with E-state index in [1.165, 1.54) is 0 Å². The highest BCUT2D eigenvalue weighted by Gasteiger charge is 2.45. The van der Waals surface area contributed by atoms with Crippen LogP contribution in [0.15, 0.2) is 0 Å². The minimum atomic E-state index is -1.46. The molecule has 1 rings (SSSR count). The lowest BCUT2D eigenvalue weighted by Crippen LogP contribution is -2.60. The highest BCUT2D eigenvalue weighted by atomic mass is 16.6. The van der Waals surface area contributed by atoms with Gasteiger partial charge in [0.2, 0.25) is 0 Å². The lowest BCUT2D eigenvalue weighted by Gasteiger charge is -2.42. The van der Waals surface area contributed by atoms with Crippen LogP contribution in [-0.4, -0.2) is 63.3 Å². The normalized spacial score (nSPS) is 41.1. The fourth-order valence-corrected chi connectivity index (χ4v) is 1.61. The van der Waals surface area contributed by atoms with Crippen LogP contribution in [0, 0.1) is 0 Å². The van der Waals surface area contributed by atoms with Crippen molar-refractivity contribution in [1.29, 1.82) is 0 Å². The lowest BCUT2D eigenvalue weighted by atomic mass is 9.98. The minimum Gasteiger partial charge on any atom is -0.394 e. The van der Waals surface area contributed by atoms with Crippen LogP contribution in [0.3, 0.4) is 0 Å². The number of rotatable bonds is 2. The van der Waals surface area contributed by atoms with Crippen molar-refractivity contribution in [3.8, 4) is 0 Å². The van der Waals surface area contributed by atoms with Crippen molar-refractivity contribution in [2.75, 3.05) is 6.61 Å². The van der Waals surface area contributed by atoms with Crippen LogP contribution >= 0.6 is 0 Å². The third-order valence-corrected chi connectivity index (χ3v) is 2.33. The Kier molecular flexibility index (Phi) is 4.28. The van der Waals surface area contributed by atoms with Crippen molar-refractivity contribution in [2.24, 2.45) is 0 Å². The molecule has 0 aromatic heterocycles. The Balaban J connectivity index is 2.77. The van der Waals surface area contributed by atoms with Crippen molar-refractivity contribution in [3.63, 3.8) is 0 Å². The second-order valence-corrected chi connectivity index (χ2v) is 4.92. The first-order valence-corrected chi connectivity index (χ1v) is 5.24. The zero-order valence-corrected chi connectivity index (χ0v) is 9.70. The van der Waals surface area contributed by atoms with Gasteiger partial charge in [-0.05, 0) is 20.8 Å². The lowest BCUT2D eigenvalue weighted by molar-refractivity contribution is -0.306. The van der Waals surface area contributed by atoms with Crippen molar-refractivity contribution in [2.45, 2.75) is 57.1 Å². The molecule has 1 aliphatic heterocycles. The molecule has 16 heavy (non-hydrogen) atoms. The largest absolute Gasteiger partial charge is 0.394 e. The Bertz CT molecular complexity index is 226. The second-order valence-electron chi connectivity index (χ2n) is 4.92. The summed E-state index contributed by atoms with van der Waals surface area (Å²) in [7, 11) is 0. The summed E-state index contributed by atoms with van der Waals surface area (Å²) in [5, 5.41) is 37.8. The predicted octanol–water partition coefficient (Wildman–Crippen LogP) is -1.40. The van der Waals surface area contributed by atoms with Gasteiger partial charge in [-0.15, -0.1) is 0 Å². The number of hydrogen-bond acceptors (Lipinski definition) is 6. The average molecular weight is 236 g/mol. The van der Waals surface area contributed by atoms with Gasteiger partial charge in [-0.2, -0.15) is 0 Å². The third kappa shape index (κ3) is 3.13. The molecule has 0 amide bonds. The maximum atomic E-state index is 9.80. The quantitative estimate of drug-likeness (QED) is 0.471. The second kappa shape index (κ2) is 4.95. The van der Waals surface area contributed by atoms with Gasteiger partial charge >= 0.3 is 0 Å². The van der Waals surface area contributed by atoms with Crippen LogP contribution in [0.2, 0.25) is 0 Å². The highest BCUT2D eigenvalue weighted by molar-refractivity contribution is 4.90. The predicted molar refractivity (Wildman–Crippen MR) is 54.6 cm³/mol. The van der Waals surface area contributed by atoms with Crippen LogP contribution in [0.4, 0.5) is 0 Å². The molecule has 1 aliphatic rings. The number of ether oxygens (including phenoxy) is 2. The van der Waals surface area contributed by atoms with E-state index in [9.17, 15) is 15.3 Å². The molecule has 0 aromatic rings. The summed E-state index contributed by atoms with van der Waals surface area (Å²) in [4.78, 5) is 0. The summed E-state index contributed by atoms with van der Waals surface area (Å²) >= 11 is 0.